The van der Waals surface area contributed by atoms with Crippen molar-refractivity contribution < 1.29 is 17.7 Å². The number of aromatic nitrogens is 1. The van der Waals surface area contributed by atoms with E-state index in [4.69, 9.17) is 4.52 Å². The van der Waals surface area contributed by atoms with Crippen LogP contribution in [0.1, 0.15) is 12.1 Å². The fourth-order valence-electron chi connectivity index (χ4n) is 1.88. The van der Waals surface area contributed by atoms with Crippen LogP contribution in [0.4, 0.5) is 0 Å². The lowest BCUT2D eigenvalue weighted by molar-refractivity contribution is -0.128. The van der Waals surface area contributed by atoms with Gasteiger partial charge in [0.15, 0.2) is 15.6 Å². The summed E-state index contributed by atoms with van der Waals surface area (Å²) in [6.45, 7) is 0. The molecule has 0 N–H and O–H groups in total. The molecule has 2 rings (SSSR count). The summed E-state index contributed by atoms with van der Waals surface area (Å²) in [5.74, 6) is -0.120. The first-order valence-electron chi connectivity index (χ1n) is 6.79. The van der Waals surface area contributed by atoms with E-state index in [9.17, 15) is 13.2 Å². The molecule has 0 bridgehead atoms. The van der Waals surface area contributed by atoms with E-state index in [1.54, 1.807) is 20.2 Å². The Morgan fingerprint density at radius 2 is 1.91 bits per heavy atom. The number of rotatable bonds is 6. The Hall–Kier alpha value is -2.15. The van der Waals surface area contributed by atoms with E-state index in [1.165, 1.54) is 4.90 Å². The van der Waals surface area contributed by atoms with Crippen LogP contribution in [0.3, 0.4) is 0 Å². The minimum atomic E-state index is -3.40. The van der Waals surface area contributed by atoms with Crippen LogP contribution in [0, 0.1) is 0 Å². The molecule has 0 atom stereocenters. The maximum Gasteiger partial charge on any atom is 0.223 e. The summed E-state index contributed by atoms with van der Waals surface area (Å²) in [7, 11) is -0.210. The van der Waals surface area contributed by atoms with Crippen LogP contribution in [-0.2, 0) is 20.4 Å². The molecule has 1 heterocycles. The van der Waals surface area contributed by atoms with Crippen molar-refractivity contribution in [2.75, 3.05) is 19.8 Å². The molecule has 6 nitrogen and oxygen atoms in total. The molecule has 0 fully saturated rings. The fourth-order valence-corrected chi connectivity index (χ4v) is 3.10. The summed E-state index contributed by atoms with van der Waals surface area (Å²) in [5, 5.41) is 3.79. The van der Waals surface area contributed by atoms with Gasteiger partial charge in [-0.05, 0) is 0 Å². The van der Waals surface area contributed by atoms with Crippen LogP contribution >= 0.6 is 0 Å². The standard InChI is InChI=1S/C15H18N2O4S/c1-17(2)15(18)8-9-22(19,20)11-13-10-14(21-16-13)12-6-4-3-5-7-12/h3-7,10H,8-9,11H2,1-2H3. The van der Waals surface area contributed by atoms with E-state index < -0.39 is 9.84 Å². The van der Waals surface area contributed by atoms with Gasteiger partial charge in [0, 0.05) is 32.1 Å². The van der Waals surface area contributed by atoms with Crippen molar-refractivity contribution in [3.05, 3.63) is 42.1 Å². The first-order valence-corrected chi connectivity index (χ1v) is 8.61. The molecular weight excluding hydrogens is 304 g/mol. The first kappa shape index (κ1) is 16.2. The first-order chi connectivity index (χ1) is 10.4. The van der Waals surface area contributed by atoms with E-state index in [1.807, 2.05) is 30.3 Å². The molecule has 0 radical (unpaired) electrons. The van der Waals surface area contributed by atoms with E-state index in [2.05, 4.69) is 5.16 Å². The van der Waals surface area contributed by atoms with Crippen LogP contribution in [0.15, 0.2) is 40.9 Å². The predicted octanol–water partition coefficient (Wildman–Crippen LogP) is 1.73. The van der Waals surface area contributed by atoms with Crippen molar-refractivity contribution >= 4 is 15.7 Å². The number of hydrogen-bond donors (Lipinski definition) is 0. The normalized spacial score (nSPS) is 11.4. The van der Waals surface area contributed by atoms with Crippen molar-refractivity contribution in [3.63, 3.8) is 0 Å². The molecule has 1 aromatic carbocycles. The summed E-state index contributed by atoms with van der Waals surface area (Å²) >= 11 is 0. The fraction of sp³-hybridized carbons (Fsp3) is 0.333. The summed E-state index contributed by atoms with van der Waals surface area (Å²) < 4.78 is 29.2. The maximum absolute atomic E-state index is 12.0. The SMILES string of the molecule is CN(C)C(=O)CCS(=O)(=O)Cc1cc(-c2ccccc2)on1. The molecule has 0 aliphatic heterocycles. The number of carbonyl (C=O) groups excluding carboxylic acids is 1. The molecule has 2 aromatic rings. The predicted molar refractivity (Wildman–Crippen MR) is 82.7 cm³/mol. The van der Waals surface area contributed by atoms with Gasteiger partial charge in [0.25, 0.3) is 0 Å². The molecule has 7 heteroatoms. The van der Waals surface area contributed by atoms with Crippen LogP contribution in [0.5, 0.6) is 0 Å². The number of nitrogens with zero attached hydrogens (tertiary/aromatic N) is 2. The third-order valence-corrected chi connectivity index (χ3v) is 4.67. The van der Waals surface area contributed by atoms with Crippen molar-refractivity contribution in [1.29, 1.82) is 0 Å². The Morgan fingerprint density at radius 3 is 2.55 bits per heavy atom. The highest BCUT2D eigenvalue weighted by atomic mass is 32.2. The Labute approximate surface area is 129 Å². The Morgan fingerprint density at radius 1 is 1.23 bits per heavy atom. The van der Waals surface area contributed by atoms with Crippen molar-refractivity contribution in [2.24, 2.45) is 0 Å². The molecule has 0 saturated heterocycles. The Bertz CT molecular complexity index is 736. The monoisotopic (exact) mass is 322 g/mol. The van der Waals surface area contributed by atoms with E-state index >= 15 is 0 Å². The van der Waals surface area contributed by atoms with Crippen molar-refractivity contribution in [2.45, 2.75) is 12.2 Å². The van der Waals surface area contributed by atoms with E-state index in [0.29, 0.717) is 11.5 Å². The zero-order valence-electron chi connectivity index (χ0n) is 12.5. The largest absolute Gasteiger partial charge is 0.356 e. The molecular formula is C15H18N2O4S. The second-order valence-corrected chi connectivity index (χ2v) is 7.36. The van der Waals surface area contributed by atoms with Gasteiger partial charge in [0.2, 0.25) is 5.91 Å². The highest BCUT2D eigenvalue weighted by Gasteiger charge is 2.18. The minimum absolute atomic E-state index is 0.0290. The number of sulfone groups is 1. The zero-order valence-corrected chi connectivity index (χ0v) is 13.3. The van der Waals surface area contributed by atoms with Gasteiger partial charge in [-0.1, -0.05) is 35.5 Å². The Balaban J connectivity index is 2.02. The molecule has 1 amide bonds. The van der Waals surface area contributed by atoms with E-state index in [0.717, 1.165) is 5.56 Å². The number of benzene rings is 1. The maximum atomic E-state index is 12.0. The molecule has 0 saturated carbocycles. The molecule has 118 valence electrons. The quantitative estimate of drug-likeness (QED) is 0.809. The van der Waals surface area contributed by atoms with Gasteiger partial charge in [0.05, 0.1) is 17.2 Å². The van der Waals surface area contributed by atoms with Crippen LogP contribution in [-0.4, -0.2) is 44.2 Å². The van der Waals surface area contributed by atoms with Crippen LogP contribution in [0.2, 0.25) is 0 Å². The average Bonchev–Trinajstić information content (AvgIpc) is 2.93. The third-order valence-electron chi connectivity index (χ3n) is 3.11. The second-order valence-electron chi connectivity index (χ2n) is 5.18. The lowest BCUT2D eigenvalue weighted by atomic mass is 10.2. The summed E-state index contributed by atoms with van der Waals surface area (Å²) in [4.78, 5) is 12.8. The van der Waals surface area contributed by atoms with E-state index in [-0.39, 0.29) is 23.8 Å². The van der Waals surface area contributed by atoms with Crippen molar-refractivity contribution in [1.82, 2.24) is 10.1 Å². The van der Waals surface area contributed by atoms with Crippen LogP contribution < -0.4 is 0 Å². The summed E-state index contributed by atoms with van der Waals surface area (Å²) in [6.07, 6.45) is -0.0290. The van der Waals surface area contributed by atoms with Crippen LogP contribution in [0.25, 0.3) is 11.3 Å². The van der Waals surface area contributed by atoms with Crippen molar-refractivity contribution in [3.8, 4) is 11.3 Å². The highest BCUT2D eigenvalue weighted by Crippen LogP contribution is 2.20. The smallest absolute Gasteiger partial charge is 0.223 e. The summed E-state index contributed by atoms with van der Waals surface area (Å²) in [6, 6.07) is 10.9. The number of hydrogen-bond acceptors (Lipinski definition) is 5. The van der Waals surface area contributed by atoms with Gasteiger partial charge < -0.3 is 9.42 Å². The molecule has 0 spiro atoms. The lowest BCUT2D eigenvalue weighted by Gasteiger charge is -2.09. The van der Waals surface area contributed by atoms with Gasteiger partial charge in [-0.25, -0.2) is 8.42 Å². The molecule has 22 heavy (non-hydrogen) atoms. The Kier molecular flexibility index (Phi) is 4.97. The second kappa shape index (κ2) is 6.74. The molecule has 0 aliphatic rings. The molecule has 0 unspecified atom stereocenters. The topological polar surface area (TPSA) is 80.5 Å². The van der Waals surface area contributed by atoms with Gasteiger partial charge in [0.1, 0.15) is 0 Å². The average molecular weight is 322 g/mol. The number of carbonyl (C=O) groups is 1. The van der Waals surface area contributed by atoms with Gasteiger partial charge in [-0.15, -0.1) is 0 Å². The number of amides is 1. The highest BCUT2D eigenvalue weighted by molar-refractivity contribution is 7.90. The lowest BCUT2D eigenvalue weighted by Crippen LogP contribution is -2.24. The third kappa shape index (κ3) is 4.42. The molecule has 1 aromatic heterocycles. The molecule has 0 aliphatic carbocycles. The summed E-state index contributed by atoms with van der Waals surface area (Å²) in [5.41, 5.74) is 1.18. The van der Waals surface area contributed by atoms with Gasteiger partial charge >= 0.3 is 0 Å². The minimum Gasteiger partial charge on any atom is -0.356 e. The zero-order chi connectivity index (χ0) is 16.2. The van der Waals surface area contributed by atoms with Gasteiger partial charge in [-0.2, -0.15) is 0 Å². The van der Waals surface area contributed by atoms with Gasteiger partial charge in [-0.3, -0.25) is 4.79 Å².